The molecule has 1 aromatic carbocycles. The Balaban J connectivity index is 2.33. The minimum Gasteiger partial charge on any atom is -0.311 e. The molecule has 1 unspecified atom stereocenters. The van der Waals surface area contributed by atoms with Crippen molar-refractivity contribution in [3.05, 3.63) is 29.3 Å². The van der Waals surface area contributed by atoms with Crippen LogP contribution in [0.15, 0.2) is 18.2 Å². The Kier molecular flexibility index (Phi) is 4.51. The standard InChI is InChI=1S/C16H22ClNO/c1-11(2)12(3)13-6-7-15-14(9-13)5-4-8-18(15)16(19)10-17/h6-7,9,11-12H,4-5,8,10H2,1-3H3. The van der Waals surface area contributed by atoms with Gasteiger partial charge in [-0.25, -0.2) is 0 Å². The van der Waals surface area contributed by atoms with Crippen LogP contribution in [0.4, 0.5) is 5.69 Å². The van der Waals surface area contributed by atoms with Gasteiger partial charge in [-0.3, -0.25) is 4.79 Å². The lowest BCUT2D eigenvalue weighted by Gasteiger charge is -2.30. The van der Waals surface area contributed by atoms with Gasteiger partial charge in [0.15, 0.2) is 0 Å². The lowest BCUT2D eigenvalue weighted by Crippen LogP contribution is -2.36. The van der Waals surface area contributed by atoms with Crippen LogP contribution in [0.1, 0.15) is 44.2 Å². The van der Waals surface area contributed by atoms with E-state index in [9.17, 15) is 4.79 Å². The molecule has 1 aliphatic rings. The van der Waals surface area contributed by atoms with Gasteiger partial charge in [0.25, 0.3) is 0 Å². The number of nitrogens with zero attached hydrogens (tertiary/aromatic N) is 1. The van der Waals surface area contributed by atoms with Gasteiger partial charge in [-0.2, -0.15) is 0 Å². The number of carbonyl (C=O) groups excluding carboxylic acids is 1. The zero-order chi connectivity index (χ0) is 14.0. The molecule has 1 atom stereocenters. The largest absolute Gasteiger partial charge is 0.311 e. The summed E-state index contributed by atoms with van der Waals surface area (Å²) in [6.45, 7) is 7.54. The highest BCUT2D eigenvalue weighted by Gasteiger charge is 2.22. The van der Waals surface area contributed by atoms with Crippen molar-refractivity contribution in [2.75, 3.05) is 17.3 Å². The lowest BCUT2D eigenvalue weighted by atomic mass is 9.87. The fraction of sp³-hybridized carbons (Fsp3) is 0.562. The van der Waals surface area contributed by atoms with Crippen molar-refractivity contribution >= 4 is 23.2 Å². The Bertz CT molecular complexity index is 470. The van der Waals surface area contributed by atoms with E-state index in [4.69, 9.17) is 11.6 Å². The highest BCUT2D eigenvalue weighted by molar-refractivity contribution is 6.29. The molecular weight excluding hydrogens is 258 g/mol. The second-order valence-electron chi connectivity index (χ2n) is 5.70. The van der Waals surface area contributed by atoms with Crippen LogP contribution in [0.2, 0.25) is 0 Å². The van der Waals surface area contributed by atoms with Crippen LogP contribution < -0.4 is 4.90 Å². The SMILES string of the molecule is CC(C)C(C)c1ccc2c(c1)CCCN2C(=O)CCl. The van der Waals surface area contributed by atoms with Gasteiger partial charge < -0.3 is 4.90 Å². The lowest BCUT2D eigenvalue weighted by molar-refractivity contribution is -0.116. The predicted molar refractivity (Wildman–Crippen MR) is 81.1 cm³/mol. The molecule has 0 bridgehead atoms. The summed E-state index contributed by atoms with van der Waals surface area (Å²) < 4.78 is 0. The van der Waals surface area contributed by atoms with Gasteiger partial charge in [-0.15, -0.1) is 11.6 Å². The number of hydrogen-bond donors (Lipinski definition) is 0. The summed E-state index contributed by atoms with van der Waals surface area (Å²) in [6, 6.07) is 6.52. The number of fused-ring (bicyclic) bond motifs is 1. The predicted octanol–water partition coefficient (Wildman–Crippen LogP) is 3.96. The molecule has 2 rings (SSSR count). The molecule has 0 spiro atoms. The van der Waals surface area contributed by atoms with Crippen molar-refractivity contribution in [1.82, 2.24) is 0 Å². The zero-order valence-electron chi connectivity index (χ0n) is 11.9. The van der Waals surface area contributed by atoms with Gasteiger partial charge in [0.05, 0.1) is 0 Å². The Morgan fingerprint density at radius 3 is 2.74 bits per heavy atom. The van der Waals surface area contributed by atoms with E-state index in [0.717, 1.165) is 25.1 Å². The summed E-state index contributed by atoms with van der Waals surface area (Å²) in [4.78, 5) is 13.7. The minimum absolute atomic E-state index is 0.00674. The van der Waals surface area contributed by atoms with E-state index >= 15 is 0 Å². The second kappa shape index (κ2) is 5.96. The molecule has 1 heterocycles. The number of carbonyl (C=O) groups is 1. The molecule has 0 aliphatic carbocycles. The maximum Gasteiger partial charge on any atom is 0.241 e. The van der Waals surface area contributed by atoms with Crippen LogP contribution in [0.25, 0.3) is 0 Å². The van der Waals surface area contributed by atoms with Gasteiger partial charge in [0, 0.05) is 12.2 Å². The Hall–Kier alpha value is -1.02. The second-order valence-corrected chi connectivity index (χ2v) is 5.97. The van der Waals surface area contributed by atoms with E-state index in [0.29, 0.717) is 11.8 Å². The summed E-state index contributed by atoms with van der Waals surface area (Å²) in [5.41, 5.74) is 3.71. The van der Waals surface area contributed by atoms with E-state index < -0.39 is 0 Å². The fourth-order valence-electron chi connectivity index (χ4n) is 2.62. The highest BCUT2D eigenvalue weighted by atomic mass is 35.5. The third-order valence-electron chi connectivity index (χ3n) is 4.16. The third kappa shape index (κ3) is 2.94. The summed E-state index contributed by atoms with van der Waals surface area (Å²) in [7, 11) is 0. The van der Waals surface area contributed by atoms with Crippen molar-refractivity contribution in [3.63, 3.8) is 0 Å². The molecule has 1 aromatic rings. The summed E-state index contributed by atoms with van der Waals surface area (Å²) in [5, 5.41) is 0. The smallest absolute Gasteiger partial charge is 0.241 e. The number of benzene rings is 1. The maximum absolute atomic E-state index is 11.9. The van der Waals surface area contributed by atoms with Crippen LogP contribution in [0, 0.1) is 5.92 Å². The minimum atomic E-state index is 0.00674. The molecule has 1 aliphatic heterocycles. The average molecular weight is 280 g/mol. The molecule has 0 saturated carbocycles. The van der Waals surface area contributed by atoms with Gasteiger partial charge in [-0.05, 0) is 41.9 Å². The summed E-state index contributed by atoms with van der Waals surface area (Å²) >= 11 is 5.68. The number of aryl methyl sites for hydroxylation is 1. The Labute approximate surface area is 120 Å². The molecule has 0 radical (unpaired) electrons. The van der Waals surface area contributed by atoms with E-state index in [1.54, 1.807) is 0 Å². The normalized spacial score (nSPS) is 16.4. The van der Waals surface area contributed by atoms with Crippen molar-refractivity contribution in [2.24, 2.45) is 5.92 Å². The molecular formula is C16H22ClNO. The fourth-order valence-corrected chi connectivity index (χ4v) is 2.76. The molecule has 2 nitrogen and oxygen atoms in total. The van der Waals surface area contributed by atoms with Crippen LogP contribution in [-0.4, -0.2) is 18.3 Å². The van der Waals surface area contributed by atoms with Gasteiger partial charge in [0.1, 0.15) is 5.88 Å². The van der Waals surface area contributed by atoms with Crippen LogP contribution in [0.5, 0.6) is 0 Å². The van der Waals surface area contributed by atoms with Crippen molar-refractivity contribution < 1.29 is 4.79 Å². The molecule has 0 aromatic heterocycles. The first-order valence-electron chi connectivity index (χ1n) is 7.03. The molecule has 19 heavy (non-hydrogen) atoms. The number of alkyl halides is 1. The number of anilines is 1. The first-order valence-corrected chi connectivity index (χ1v) is 7.57. The quantitative estimate of drug-likeness (QED) is 0.767. The molecule has 0 N–H and O–H groups in total. The van der Waals surface area contributed by atoms with Gasteiger partial charge in [-0.1, -0.05) is 32.9 Å². The van der Waals surface area contributed by atoms with E-state index in [1.807, 2.05) is 4.90 Å². The van der Waals surface area contributed by atoms with E-state index in [-0.39, 0.29) is 11.8 Å². The molecule has 0 saturated heterocycles. The van der Waals surface area contributed by atoms with Crippen LogP contribution in [0.3, 0.4) is 0 Å². The molecule has 3 heteroatoms. The average Bonchev–Trinajstić information content (AvgIpc) is 2.44. The monoisotopic (exact) mass is 279 g/mol. The first-order chi connectivity index (χ1) is 9.04. The van der Waals surface area contributed by atoms with Crippen LogP contribution >= 0.6 is 11.6 Å². The Morgan fingerprint density at radius 2 is 2.11 bits per heavy atom. The number of amides is 1. The van der Waals surface area contributed by atoms with Crippen LogP contribution in [-0.2, 0) is 11.2 Å². The first kappa shape index (κ1) is 14.4. The number of rotatable bonds is 3. The maximum atomic E-state index is 11.9. The molecule has 1 amide bonds. The third-order valence-corrected chi connectivity index (χ3v) is 4.39. The summed E-state index contributed by atoms with van der Waals surface area (Å²) in [5.74, 6) is 1.24. The molecule has 104 valence electrons. The number of halogens is 1. The topological polar surface area (TPSA) is 20.3 Å². The number of hydrogen-bond acceptors (Lipinski definition) is 1. The van der Waals surface area contributed by atoms with Crippen molar-refractivity contribution in [1.29, 1.82) is 0 Å². The van der Waals surface area contributed by atoms with E-state index in [1.165, 1.54) is 11.1 Å². The highest BCUT2D eigenvalue weighted by Crippen LogP contribution is 2.32. The van der Waals surface area contributed by atoms with Gasteiger partial charge in [0.2, 0.25) is 5.91 Å². The van der Waals surface area contributed by atoms with Crippen molar-refractivity contribution in [3.8, 4) is 0 Å². The zero-order valence-corrected chi connectivity index (χ0v) is 12.7. The van der Waals surface area contributed by atoms with Gasteiger partial charge >= 0.3 is 0 Å². The van der Waals surface area contributed by atoms with Crippen molar-refractivity contribution in [2.45, 2.75) is 39.5 Å². The Morgan fingerprint density at radius 1 is 1.37 bits per heavy atom. The summed E-state index contributed by atoms with van der Waals surface area (Å²) in [6.07, 6.45) is 2.08. The van der Waals surface area contributed by atoms with E-state index in [2.05, 4.69) is 39.0 Å². The molecule has 0 fully saturated rings.